The van der Waals surface area contributed by atoms with Crippen molar-refractivity contribution in [2.45, 2.75) is 25.7 Å². The molecule has 3 aliphatic carbocycles. The van der Waals surface area contributed by atoms with Crippen LogP contribution in [0.1, 0.15) is 31.2 Å². The maximum Gasteiger partial charge on any atom is 0.257 e. The number of fused-ring (bicyclic) bond motifs is 3. The molecule has 0 radical (unpaired) electrons. The summed E-state index contributed by atoms with van der Waals surface area (Å²) >= 11 is 6.86. The molecule has 176 valence electrons. The van der Waals surface area contributed by atoms with E-state index in [1.54, 1.807) is 13.0 Å². The Bertz CT molecular complexity index is 1310. The highest BCUT2D eigenvalue weighted by Gasteiger charge is 2.56. The van der Waals surface area contributed by atoms with Crippen molar-refractivity contribution in [1.29, 1.82) is 0 Å². The van der Waals surface area contributed by atoms with Gasteiger partial charge in [0.2, 0.25) is 0 Å². The number of carbonyl (C=O) groups excluding carboxylic acids is 4. The summed E-state index contributed by atoms with van der Waals surface area (Å²) in [4.78, 5) is 51.8. The van der Waals surface area contributed by atoms with E-state index in [2.05, 4.69) is 31.9 Å². The highest BCUT2D eigenvalue weighted by Crippen LogP contribution is 2.57. The number of ether oxygens (including phenoxy) is 1. The van der Waals surface area contributed by atoms with E-state index in [0.29, 0.717) is 31.2 Å². The lowest BCUT2D eigenvalue weighted by molar-refractivity contribution is -0.173. The maximum absolute atomic E-state index is 13.3. The third-order valence-electron chi connectivity index (χ3n) is 7.24. The van der Waals surface area contributed by atoms with Crippen LogP contribution in [0.4, 0.5) is 0 Å². The minimum absolute atomic E-state index is 0.120. The largest absolute Gasteiger partial charge is 0.503 e. The second kappa shape index (κ2) is 8.00. The Hall–Kier alpha value is -2.56. The fourth-order valence-corrected chi connectivity index (χ4v) is 6.65. The Morgan fingerprint density at radius 2 is 1.79 bits per heavy atom. The normalized spacial score (nSPS) is 28.4. The molecule has 1 fully saturated rings. The van der Waals surface area contributed by atoms with Crippen LogP contribution in [-0.4, -0.2) is 45.9 Å². The van der Waals surface area contributed by atoms with Crippen molar-refractivity contribution in [3.8, 4) is 11.5 Å². The zero-order valence-corrected chi connectivity index (χ0v) is 21.3. The van der Waals surface area contributed by atoms with Crippen LogP contribution in [0.25, 0.3) is 0 Å². The van der Waals surface area contributed by atoms with Crippen LogP contribution in [0.15, 0.2) is 49.5 Å². The standard InChI is InChI=1S/C24H19Br2NO7/c1-8-5-14(28)18-13(21(8)29)6-11-9(3-4-10-17(11)24(32)27(33)23(10)31)16(18)12-7-15(34-2)22(30)20(26)19(12)25/h3,5,7,10-11,16-17,30,33H,4,6H2,1-2H3. The van der Waals surface area contributed by atoms with Gasteiger partial charge in [0, 0.05) is 27.1 Å². The number of rotatable bonds is 2. The molecule has 1 saturated heterocycles. The molecule has 34 heavy (non-hydrogen) atoms. The molecule has 2 N–H and O–H groups in total. The summed E-state index contributed by atoms with van der Waals surface area (Å²) in [6, 6.07) is 1.59. The number of hydroxylamine groups is 2. The van der Waals surface area contributed by atoms with Crippen LogP contribution < -0.4 is 4.74 Å². The van der Waals surface area contributed by atoms with E-state index in [4.69, 9.17) is 4.74 Å². The summed E-state index contributed by atoms with van der Waals surface area (Å²) < 4.78 is 6.11. The number of carbonyl (C=O) groups is 4. The Balaban J connectivity index is 1.78. The number of phenolic OH excluding ortho intramolecular Hbond substituents is 1. The summed E-state index contributed by atoms with van der Waals surface area (Å²) in [7, 11) is 1.40. The van der Waals surface area contributed by atoms with Crippen LogP contribution >= 0.6 is 31.9 Å². The molecular formula is C24H19Br2NO7. The molecule has 4 unspecified atom stereocenters. The molecule has 0 aromatic heterocycles. The zero-order chi connectivity index (χ0) is 24.6. The second-order valence-electron chi connectivity index (χ2n) is 8.86. The smallest absolute Gasteiger partial charge is 0.257 e. The summed E-state index contributed by atoms with van der Waals surface area (Å²) in [5.74, 6) is -4.71. The van der Waals surface area contributed by atoms with Crippen LogP contribution in [0, 0.1) is 17.8 Å². The molecule has 5 rings (SSSR count). The van der Waals surface area contributed by atoms with Crippen LogP contribution in [0.5, 0.6) is 11.5 Å². The maximum atomic E-state index is 13.3. The molecular weight excluding hydrogens is 574 g/mol. The monoisotopic (exact) mass is 591 g/mol. The Labute approximate surface area is 211 Å². The van der Waals surface area contributed by atoms with Crippen LogP contribution in [0.2, 0.25) is 0 Å². The van der Waals surface area contributed by atoms with Gasteiger partial charge in [-0.05, 0) is 75.2 Å². The number of aromatic hydroxyl groups is 1. The van der Waals surface area contributed by atoms with E-state index >= 15 is 0 Å². The van der Waals surface area contributed by atoms with Crippen molar-refractivity contribution in [2.24, 2.45) is 17.8 Å². The molecule has 1 heterocycles. The lowest BCUT2D eigenvalue weighted by atomic mass is 9.59. The van der Waals surface area contributed by atoms with Gasteiger partial charge in [-0.25, -0.2) is 0 Å². The van der Waals surface area contributed by atoms with Gasteiger partial charge >= 0.3 is 0 Å². The number of hydrogen-bond donors (Lipinski definition) is 2. The Morgan fingerprint density at radius 3 is 2.47 bits per heavy atom. The number of ketones is 2. The minimum atomic E-state index is -0.829. The van der Waals surface area contributed by atoms with Crippen molar-refractivity contribution >= 4 is 55.2 Å². The molecule has 1 aromatic rings. The molecule has 0 spiro atoms. The summed E-state index contributed by atoms with van der Waals surface area (Å²) in [5, 5.41) is 20.6. The summed E-state index contributed by atoms with van der Waals surface area (Å²) in [6.45, 7) is 1.57. The molecule has 0 saturated carbocycles. The van der Waals surface area contributed by atoms with E-state index in [0.717, 1.165) is 5.57 Å². The quantitative estimate of drug-likeness (QED) is 0.232. The predicted octanol–water partition coefficient (Wildman–Crippen LogP) is 3.74. The first-order valence-corrected chi connectivity index (χ1v) is 12.2. The third kappa shape index (κ3) is 3.04. The predicted molar refractivity (Wildman–Crippen MR) is 125 cm³/mol. The van der Waals surface area contributed by atoms with E-state index in [1.165, 1.54) is 13.2 Å². The van der Waals surface area contributed by atoms with Crippen molar-refractivity contribution < 1.29 is 34.2 Å². The van der Waals surface area contributed by atoms with E-state index in [-0.39, 0.29) is 41.0 Å². The van der Waals surface area contributed by atoms with E-state index in [9.17, 15) is 29.5 Å². The van der Waals surface area contributed by atoms with Gasteiger partial charge in [-0.3, -0.25) is 24.4 Å². The van der Waals surface area contributed by atoms with Gasteiger partial charge in [0.05, 0.1) is 23.4 Å². The summed E-state index contributed by atoms with van der Waals surface area (Å²) in [5.41, 5.74) is 2.23. The molecule has 4 atom stereocenters. The fourth-order valence-electron chi connectivity index (χ4n) is 5.70. The number of halogens is 2. The first kappa shape index (κ1) is 23.2. The average Bonchev–Trinajstić information content (AvgIpc) is 3.04. The average molecular weight is 593 g/mol. The lowest BCUT2D eigenvalue weighted by Crippen LogP contribution is -2.39. The summed E-state index contributed by atoms with van der Waals surface area (Å²) in [6.07, 6.45) is 3.51. The van der Waals surface area contributed by atoms with Crippen molar-refractivity contribution in [1.82, 2.24) is 5.06 Å². The van der Waals surface area contributed by atoms with Gasteiger partial charge in [0.15, 0.2) is 23.1 Å². The first-order valence-electron chi connectivity index (χ1n) is 10.6. The second-order valence-corrected chi connectivity index (χ2v) is 10.4. The van der Waals surface area contributed by atoms with Gasteiger partial charge in [-0.15, -0.1) is 0 Å². The van der Waals surface area contributed by atoms with E-state index < -0.39 is 35.5 Å². The number of methoxy groups -OCH3 is 1. The zero-order valence-electron chi connectivity index (χ0n) is 18.1. The molecule has 1 aliphatic heterocycles. The highest BCUT2D eigenvalue weighted by molar-refractivity contribution is 9.13. The van der Waals surface area contributed by atoms with Crippen LogP contribution in [0.3, 0.4) is 0 Å². The van der Waals surface area contributed by atoms with Gasteiger partial charge in [-0.1, -0.05) is 11.6 Å². The first-order chi connectivity index (χ1) is 16.1. The third-order valence-corrected chi connectivity index (χ3v) is 9.40. The number of allylic oxidation sites excluding steroid dienone is 6. The fraction of sp³-hybridized carbons (Fsp3) is 0.333. The number of benzene rings is 1. The van der Waals surface area contributed by atoms with E-state index in [1.807, 2.05) is 6.08 Å². The number of hydrogen-bond acceptors (Lipinski definition) is 7. The van der Waals surface area contributed by atoms with Crippen LogP contribution in [-0.2, 0) is 19.2 Å². The van der Waals surface area contributed by atoms with Crippen molar-refractivity contribution in [2.75, 3.05) is 7.11 Å². The number of phenols is 1. The number of nitrogens with zero attached hydrogens (tertiary/aromatic N) is 1. The van der Waals surface area contributed by atoms with Gasteiger partial charge < -0.3 is 9.84 Å². The SMILES string of the molecule is COc1cc(C2C3=CCC4C(=O)N(O)C(=O)C4C3CC3=C2C(=O)C=C(C)C3=O)c(Br)c(Br)c1O. The molecule has 0 bridgehead atoms. The van der Waals surface area contributed by atoms with Gasteiger partial charge in [-0.2, -0.15) is 5.06 Å². The highest BCUT2D eigenvalue weighted by atomic mass is 79.9. The van der Waals surface area contributed by atoms with Gasteiger partial charge in [0.1, 0.15) is 0 Å². The topological polar surface area (TPSA) is 121 Å². The van der Waals surface area contributed by atoms with Crippen molar-refractivity contribution in [3.63, 3.8) is 0 Å². The van der Waals surface area contributed by atoms with Crippen molar-refractivity contribution in [3.05, 3.63) is 55.0 Å². The molecule has 4 aliphatic rings. The Morgan fingerprint density at radius 1 is 1.09 bits per heavy atom. The number of Topliss-reactive ketones (excluding diaryl/α,β-unsaturated/α-hetero) is 1. The minimum Gasteiger partial charge on any atom is -0.503 e. The molecule has 10 heteroatoms. The Kier molecular flexibility index (Phi) is 5.46. The molecule has 1 aromatic carbocycles. The number of amides is 2. The van der Waals surface area contributed by atoms with Gasteiger partial charge in [0.25, 0.3) is 11.8 Å². The lowest BCUT2D eigenvalue weighted by Gasteiger charge is -2.42. The number of imide groups is 1. The molecule has 2 amide bonds. The molecule has 8 nitrogen and oxygen atoms in total.